The second-order valence-electron chi connectivity index (χ2n) is 6.35. The van der Waals surface area contributed by atoms with Crippen LogP contribution in [0.4, 0.5) is 5.69 Å². The summed E-state index contributed by atoms with van der Waals surface area (Å²) in [5, 5.41) is 2.77. The first kappa shape index (κ1) is 21.6. The zero-order valence-corrected chi connectivity index (χ0v) is 17.4. The Kier molecular flexibility index (Phi) is 7.28. The molecule has 0 aromatic heterocycles. The Morgan fingerprint density at radius 1 is 1.07 bits per heavy atom. The van der Waals surface area contributed by atoms with Gasteiger partial charge in [-0.15, -0.1) is 0 Å². The molecule has 0 spiro atoms. The molecule has 2 aromatic rings. The summed E-state index contributed by atoms with van der Waals surface area (Å²) in [6.07, 6.45) is 1.67. The average Bonchev–Trinajstić information content (AvgIpc) is 2.65. The van der Waals surface area contributed by atoms with Gasteiger partial charge >= 0.3 is 0 Å². The third kappa shape index (κ3) is 5.63. The summed E-state index contributed by atoms with van der Waals surface area (Å²) in [5.41, 5.74) is 2.25. The van der Waals surface area contributed by atoms with Crippen molar-refractivity contribution in [1.82, 2.24) is 5.32 Å². The zero-order valence-electron chi connectivity index (χ0n) is 16.6. The third-order valence-electron chi connectivity index (χ3n) is 4.26. The predicted octanol–water partition coefficient (Wildman–Crippen LogP) is 2.14. The molecule has 0 aliphatic heterocycles. The Hall–Kier alpha value is -2.74. The van der Waals surface area contributed by atoms with E-state index in [-0.39, 0.29) is 12.5 Å². The molecule has 28 heavy (non-hydrogen) atoms. The highest BCUT2D eigenvalue weighted by atomic mass is 32.2. The topological polar surface area (TPSA) is 84.9 Å². The number of rotatable bonds is 9. The molecule has 0 bridgehead atoms. The minimum Gasteiger partial charge on any atom is -0.493 e. The molecule has 0 unspecified atom stereocenters. The third-order valence-corrected chi connectivity index (χ3v) is 5.38. The lowest BCUT2D eigenvalue weighted by atomic mass is 10.1. The molecule has 0 saturated heterocycles. The summed E-state index contributed by atoms with van der Waals surface area (Å²) >= 11 is 0. The zero-order chi connectivity index (χ0) is 20.7. The van der Waals surface area contributed by atoms with Gasteiger partial charge < -0.3 is 14.8 Å². The Morgan fingerprint density at radius 3 is 2.36 bits per heavy atom. The fraction of sp³-hybridized carbons (Fsp3) is 0.350. The predicted molar refractivity (Wildman–Crippen MR) is 110 cm³/mol. The van der Waals surface area contributed by atoms with Crippen LogP contribution in [0.5, 0.6) is 11.5 Å². The van der Waals surface area contributed by atoms with Crippen molar-refractivity contribution in [3.63, 3.8) is 0 Å². The van der Waals surface area contributed by atoms with Gasteiger partial charge in [-0.05, 0) is 42.7 Å². The van der Waals surface area contributed by atoms with Crippen LogP contribution in [0.1, 0.15) is 11.1 Å². The van der Waals surface area contributed by atoms with Crippen molar-refractivity contribution in [2.75, 3.05) is 37.9 Å². The van der Waals surface area contributed by atoms with Crippen LogP contribution in [0.15, 0.2) is 42.5 Å². The Morgan fingerprint density at radius 2 is 1.75 bits per heavy atom. The molecule has 0 fully saturated rings. The number of methoxy groups -OCH3 is 2. The van der Waals surface area contributed by atoms with E-state index < -0.39 is 10.0 Å². The number of nitrogens with one attached hydrogen (secondary N) is 1. The van der Waals surface area contributed by atoms with Gasteiger partial charge in [0.2, 0.25) is 15.9 Å². The minimum absolute atomic E-state index is 0.268. The second-order valence-corrected chi connectivity index (χ2v) is 8.25. The molecule has 7 nitrogen and oxygen atoms in total. The maximum absolute atomic E-state index is 12.3. The van der Waals surface area contributed by atoms with E-state index in [4.69, 9.17) is 9.47 Å². The van der Waals surface area contributed by atoms with Crippen LogP contribution in [0.2, 0.25) is 0 Å². The first-order chi connectivity index (χ1) is 13.3. The fourth-order valence-electron chi connectivity index (χ4n) is 2.79. The van der Waals surface area contributed by atoms with Crippen LogP contribution in [0.3, 0.4) is 0 Å². The molecule has 0 aliphatic rings. The summed E-state index contributed by atoms with van der Waals surface area (Å²) in [4.78, 5) is 12.3. The maximum Gasteiger partial charge on any atom is 0.240 e. The maximum atomic E-state index is 12.3. The van der Waals surface area contributed by atoms with Crippen LogP contribution >= 0.6 is 0 Å². The van der Waals surface area contributed by atoms with E-state index in [1.807, 2.05) is 31.2 Å². The molecule has 1 N–H and O–H groups in total. The number of aryl methyl sites for hydroxylation is 1. The van der Waals surface area contributed by atoms with E-state index in [9.17, 15) is 13.2 Å². The summed E-state index contributed by atoms with van der Waals surface area (Å²) in [7, 11) is -0.454. The van der Waals surface area contributed by atoms with Crippen molar-refractivity contribution in [2.24, 2.45) is 0 Å². The summed E-state index contributed by atoms with van der Waals surface area (Å²) < 4.78 is 35.9. The summed E-state index contributed by atoms with van der Waals surface area (Å²) in [6.45, 7) is 1.91. The van der Waals surface area contributed by atoms with E-state index in [1.54, 1.807) is 32.4 Å². The largest absolute Gasteiger partial charge is 0.493 e. The molecule has 0 saturated carbocycles. The minimum atomic E-state index is -3.59. The Bertz CT molecular complexity index is 928. The number of benzene rings is 2. The van der Waals surface area contributed by atoms with Crippen molar-refractivity contribution < 1.29 is 22.7 Å². The molecule has 1 amide bonds. The highest BCUT2D eigenvalue weighted by Gasteiger charge is 2.21. The number of amides is 1. The van der Waals surface area contributed by atoms with E-state index in [2.05, 4.69) is 5.32 Å². The van der Waals surface area contributed by atoms with Gasteiger partial charge in [0.15, 0.2) is 11.5 Å². The number of ether oxygens (including phenoxy) is 2. The molecule has 0 atom stereocenters. The molecule has 8 heteroatoms. The van der Waals surface area contributed by atoms with E-state index in [0.29, 0.717) is 30.2 Å². The number of hydrogen-bond donors (Lipinski definition) is 1. The number of anilines is 1. The van der Waals surface area contributed by atoms with Crippen molar-refractivity contribution >= 4 is 21.6 Å². The number of carbonyl (C=O) groups excluding carboxylic acids is 1. The molecule has 0 radical (unpaired) electrons. The number of nitrogens with zero attached hydrogens (tertiary/aromatic N) is 1. The lowest BCUT2D eigenvalue weighted by Crippen LogP contribution is -2.41. The summed E-state index contributed by atoms with van der Waals surface area (Å²) in [5.74, 6) is 0.889. The second kappa shape index (κ2) is 9.45. The SMILES string of the molecule is COc1ccc(CCNC(=O)CN(c2ccccc2C)S(C)(=O)=O)cc1OC. The number of carbonyl (C=O) groups is 1. The monoisotopic (exact) mass is 406 g/mol. The van der Waals surface area contributed by atoms with Gasteiger partial charge in [-0.25, -0.2) is 8.42 Å². The number of sulfonamides is 1. The first-order valence-electron chi connectivity index (χ1n) is 8.77. The average molecular weight is 407 g/mol. The van der Waals surface area contributed by atoms with Gasteiger partial charge in [-0.1, -0.05) is 24.3 Å². The van der Waals surface area contributed by atoms with Crippen molar-refractivity contribution in [3.05, 3.63) is 53.6 Å². The molecular weight excluding hydrogens is 380 g/mol. The van der Waals surface area contributed by atoms with Gasteiger partial charge in [0.25, 0.3) is 0 Å². The van der Waals surface area contributed by atoms with Gasteiger partial charge in [0.1, 0.15) is 6.54 Å². The fourth-order valence-corrected chi connectivity index (χ4v) is 3.71. The molecule has 0 aliphatic carbocycles. The molecule has 2 aromatic carbocycles. The Labute approximate surface area is 166 Å². The normalized spacial score (nSPS) is 11.0. The highest BCUT2D eigenvalue weighted by molar-refractivity contribution is 7.92. The smallest absolute Gasteiger partial charge is 0.240 e. The first-order valence-corrected chi connectivity index (χ1v) is 10.6. The van der Waals surface area contributed by atoms with Gasteiger partial charge in [0.05, 0.1) is 26.2 Å². The quantitative estimate of drug-likeness (QED) is 0.690. The van der Waals surface area contributed by atoms with Gasteiger partial charge in [-0.3, -0.25) is 9.10 Å². The molecule has 152 valence electrons. The van der Waals surface area contributed by atoms with E-state index >= 15 is 0 Å². The van der Waals surface area contributed by atoms with Crippen LogP contribution in [-0.2, 0) is 21.2 Å². The van der Waals surface area contributed by atoms with Gasteiger partial charge in [-0.2, -0.15) is 0 Å². The lowest BCUT2D eigenvalue weighted by Gasteiger charge is -2.23. The van der Waals surface area contributed by atoms with Crippen molar-refractivity contribution in [2.45, 2.75) is 13.3 Å². The molecule has 0 heterocycles. The highest BCUT2D eigenvalue weighted by Crippen LogP contribution is 2.27. The van der Waals surface area contributed by atoms with Crippen LogP contribution < -0.4 is 19.1 Å². The lowest BCUT2D eigenvalue weighted by molar-refractivity contribution is -0.119. The number of hydrogen-bond acceptors (Lipinski definition) is 5. The summed E-state index contributed by atoms with van der Waals surface area (Å²) in [6, 6.07) is 12.6. The van der Waals surface area contributed by atoms with Crippen molar-refractivity contribution in [3.8, 4) is 11.5 Å². The van der Waals surface area contributed by atoms with Crippen molar-refractivity contribution in [1.29, 1.82) is 0 Å². The van der Waals surface area contributed by atoms with Crippen LogP contribution in [-0.4, -0.2) is 47.9 Å². The van der Waals surface area contributed by atoms with E-state index in [0.717, 1.165) is 21.7 Å². The van der Waals surface area contributed by atoms with Gasteiger partial charge in [0, 0.05) is 6.54 Å². The molecular formula is C20H26N2O5S. The number of para-hydroxylation sites is 1. The van der Waals surface area contributed by atoms with Crippen LogP contribution in [0, 0.1) is 6.92 Å². The standard InChI is InChI=1S/C20H26N2O5S/c1-15-7-5-6-8-17(15)22(28(4,24)25)14-20(23)21-12-11-16-9-10-18(26-2)19(13-16)27-3/h5-10,13H,11-12,14H2,1-4H3,(H,21,23). The van der Waals surface area contributed by atoms with Crippen LogP contribution in [0.25, 0.3) is 0 Å². The van der Waals surface area contributed by atoms with E-state index in [1.165, 1.54) is 0 Å². The molecule has 2 rings (SSSR count). The Balaban J connectivity index is 2.00.